The number of anilines is 1. The number of aryl methyl sites for hydroxylation is 1. The molecular weight excluding hydrogens is 373 g/mol. The van der Waals surface area contributed by atoms with Crippen LogP contribution in [0, 0.1) is 18.7 Å². The monoisotopic (exact) mass is 397 g/mol. The largest absolute Gasteiger partial charge is 0.369 e. The second kappa shape index (κ2) is 8.86. The van der Waals surface area contributed by atoms with Crippen molar-refractivity contribution in [1.82, 2.24) is 4.90 Å². The van der Waals surface area contributed by atoms with Gasteiger partial charge >= 0.3 is 0 Å². The van der Waals surface area contributed by atoms with Crippen molar-refractivity contribution in [2.75, 3.05) is 18.4 Å². The van der Waals surface area contributed by atoms with Crippen molar-refractivity contribution in [3.8, 4) is 0 Å². The molecule has 0 radical (unpaired) electrons. The molecule has 1 unspecified atom stereocenters. The molecule has 1 aliphatic heterocycles. The number of nitrogens with two attached hydrogens (primary N) is 1. The molecule has 1 saturated heterocycles. The molecule has 1 fully saturated rings. The van der Waals surface area contributed by atoms with E-state index in [1.54, 1.807) is 0 Å². The number of nitrogens with one attached hydrogen (secondary N) is 1. The van der Waals surface area contributed by atoms with Crippen LogP contribution < -0.4 is 11.1 Å². The van der Waals surface area contributed by atoms with Gasteiger partial charge in [-0.25, -0.2) is 4.39 Å². The van der Waals surface area contributed by atoms with Crippen molar-refractivity contribution in [3.05, 3.63) is 65.0 Å². The summed E-state index contributed by atoms with van der Waals surface area (Å²) in [6, 6.07) is 11.3. The molecule has 1 aliphatic rings. The van der Waals surface area contributed by atoms with Gasteiger partial charge in [-0.15, -0.1) is 0 Å². The first-order valence-electron chi connectivity index (χ1n) is 9.57. The van der Waals surface area contributed by atoms with Crippen molar-refractivity contribution in [2.45, 2.75) is 26.2 Å². The van der Waals surface area contributed by atoms with E-state index < -0.39 is 17.6 Å². The summed E-state index contributed by atoms with van der Waals surface area (Å²) in [7, 11) is 0. The van der Waals surface area contributed by atoms with Crippen LogP contribution in [0.3, 0.4) is 0 Å². The topological polar surface area (TPSA) is 92.5 Å². The van der Waals surface area contributed by atoms with Gasteiger partial charge in [-0.05, 0) is 49.1 Å². The van der Waals surface area contributed by atoms with Gasteiger partial charge in [0.2, 0.25) is 11.8 Å². The van der Waals surface area contributed by atoms with Crippen molar-refractivity contribution in [2.24, 2.45) is 11.7 Å². The van der Waals surface area contributed by atoms with E-state index in [0.717, 1.165) is 17.2 Å². The minimum absolute atomic E-state index is 0.126. The minimum Gasteiger partial charge on any atom is -0.369 e. The molecule has 0 spiro atoms. The standard InChI is InChI=1S/C22H24FN3O3/c1-14-5-2-3-6-15(14)11-20(27)25-19-10-17(9-18(23)12-19)22(29)26-8-4-7-16(13-26)21(24)28/h2-3,5-6,9-10,12,16H,4,7-8,11,13H2,1H3,(H2,24,28)(H,25,27). The number of hydrogen-bond donors (Lipinski definition) is 2. The van der Waals surface area contributed by atoms with Crippen LogP contribution in [0.2, 0.25) is 0 Å². The number of carbonyl (C=O) groups is 3. The Labute approximate surface area is 168 Å². The zero-order chi connectivity index (χ0) is 21.0. The van der Waals surface area contributed by atoms with Crippen LogP contribution in [0.5, 0.6) is 0 Å². The highest BCUT2D eigenvalue weighted by Gasteiger charge is 2.28. The number of primary amides is 1. The Morgan fingerprint density at radius 1 is 1.21 bits per heavy atom. The summed E-state index contributed by atoms with van der Waals surface area (Å²) in [6.07, 6.45) is 1.45. The van der Waals surface area contributed by atoms with Gasteiger partial charge in [-0.2, -0.15) is 0 Å². The maximum atomic E-state index is 14.1. The predicted molar refractivity (Wildman–Crippen MR) is 108 cm³/mol. The van der Waals surface area contributed by atoms with Crippen LogP contribution in [0.1, 0.15) is 34.3 Å². The first-order valence-corrected chi connectivity index (χ1v) is 9.57. The van der Waals surface area contributed by atoms with E-state index in [-0.39, 0.29) is 36.0 Å². The number of benzene rings is 2. The molecule has 1 atom stereocenters. The van der Waals surface area contributed by atoms with Crippen LogP contribution in [0.25, 0.3) is 0 Å². The van der Waals surface area contributed by atoms with Gasteiger partial charge in [0.15, 0.2) is 0 Å². The van der Waals surface area contributed by atoms with Gasteiger partial charge in [0.1, 0.15) is 5.82 Å². The summed E-state index contributed by atoms with van der Waals surface area (Å²) in [5, 5.41) is 2.66. The highest BCUT2D eigenvalue weighted by Crippen LogP contribution is 2.21. The SMILES string of the molecule is Cc1ccccc1CC(=O)Nc1cc(F)cc(C(=O)N2CCCC(C(N)=O)C2)c1. The summed E-state index contributed by atoms with van der Waals surface area (Å²) in [5.74, 6) is -2.13. The van der Waals surface area contributed by atoms with Crippen molar-refractivity contribution in [1.29, 1.82) is 0 Å². The molecule has 2 aromatic rings. The van der Waals surface area contributed by atoms with E-state index in [1.807, 2.05) is 31.2 Å². The van der Waals surface area contributed by atoms with Gasteiger partial charge in [-0.1, -0.05) is 24.3 Å². The quantitative estimate of drug-likeness (QED) is 0.812. The zero-order valence-corrected chi connectivity index (χ0v) is 16.3. The summed E-state index contributed by atoms with van der Waals surface area (Å²) in [4.78, 5) is 38.1. The van der Waals surface area contributed by atoms with Crippen LogP contribution in [0.15, 0.2) is 42.5 Å². The van der Waals surface area contributed by atoms with E-state index in [2.05, 4.69) is 5.32 Å². The summed E-state index contributed by atoms with van der Waals surface area (Å²) in [5.41, 5.74) is 7.58. The summed E-state index contributed by atoms with van der Waals surface area (Å²) < 4.78 is 14.1. The Balaban J connectivity index is 1.72. The molecule has 2 aromatic carbocycles. The molecule has 6 nitrogen and oxygen atoms in total. The number of piperidine rings is 1. The van der Waals surface area contributed by atoms with Gasteiger partial charge in [0.25, 0.3) is 5.91 Å². The molecule has 0 aliphatic carbocycles. The molecular formula is C22H24FN3O3. The fourth-order valence-corrected chi connectivity index (χ4v) is 3.55. The molecule has 3 amide bonds. The number of likely N-dealkylation sites (tertiary alicyclic amines) is 1. The van der Waals surface area contributed by atoms with Gasteiger partial charge < -0.3 is 16.0 Å². The number of hydrogen-bond acceptors (Lipinski definition) is 3. The first-order chi connectivity index (χ1) is 13.8. The molecule has 0 saturated carbocycles. The molecule has 29 heavy (non-hydrogen) atoms. The predicted octanol–water partition coefficient (Wildman–Crippen LogP) is 2.65. The fourth-order valence-electron chi connectivity index (χ4n) is 3.55. The van der Waals surface area contributed by atoms with E-state index in [4.69, 9.17) is 5.73 Å². The molecule has 7 heteroatoms. The van der Waals surface area contributed by atoms with Gasteiger partial charge in [0.05, 0.1) is 12.3 Å². The van der Waals surface area contributed by atoms with E-state index in [1.165, 1.54) is 17.0 Å². The van der Waals surface area contributed by atoms with Crippen molar-refractivity contribution < 1.29 is 18.8 Å². The van der Waals surface area contributed by atoms with Crippen molar-refractivity contribution in [3.63, 3.8) is 0 Å². The third-order valence-corrected chi connectivity index (χ3v) is 5.15. The number of rotatable bonds is 5. The number of halogens is 1. The Bertz CT molecular complexity index is 945. The summed E-state index contributed by atoms with van der Waals surface area (Å²) in [6.45, 7) is 2.62. The number of nitrogens with zero attached hydrogens (tertiary/aromatic N) is 1. The van der Waals surface area contributed by atoms with Crippen LogP contribution in [-0.4, -0.2) is 35.7 Å². The van der Waals surface area contributed by atoms with E-state index in [0.29, 0.717) is 19.4 Å². The second-order valence-electron chi connectivity index (χ2n) is 7.37. The summed E-state index contributed by atoms with van der Waals surface area (Å²) >= 11 is 0. The fraction of sp³-hybridized carbons (Fsp3) is 0.318. The second-order valence-corrected chi connectivity index (χ2v) is 7.37. The Morgan fingerprint density at radius 3 is 2.69 bits per heavy atom. The minimum atomic E-state index is -0.620. The molecule has 0 bridgehead atoms. The molecule has 0 aromatic heterocycles. The van der Waals surface area contributed by atoms with Gasteiger partial charge in [0, 0.05) is 24.3 Å². The van der Waals surface area contributed by atoms with E-state index >= 15 is 0 Å². The average Bonchev–Trinajstić information content (AvgIpc) is 2.68. The maximum absolute atomic E-state index is 14.1. The van der Waals surface area contributed by atoms with Crippen LogP contribution in [-0.2, 0) is 16.0 Å². The number of amides is 3. The molecule has 152 valence electrons. The smallest absolute Gasteiger partial charge is 0.254 e. The Kier molecular flexibility index (Phi) is 6.26. The lowest BCUT2D eigenvalue weighted by molar-refractivity contribution is -0.123. The van der Waals surface area contributed by atoms with E-state index in [9.17, 15) is 18.8 Å². The Morgan fingerprint density at radius 2 is 1.97 bits per heavy atom. The third kappa shape index (κ3) is 5.19. The lowest BCUT2D eigenvalue weighted by Crippen LogP contribution is -2.44. The zero-order valence-electron chi connectivity index (χ0n) is 16.3. The molecule has 1 heterocycles. The van der Waals surface area contributed by atoms with Gasteiger partial charge in [-0.3, -0.25) is 14.4 Å². The highest BCUT2D eigenvalue weighted by atomic mass is 19.1. The average molecular weight is 397 g/mol. The van der Waals surface area contributed by atoms with Crippen LogP contribution >= 0.6 is 0 Å². The van der Waals surface area contributed by atoms with Crippen molar-refractivity contribution >= 4 is 23.4 Å². The third-order valence-electron chi connectivity index (χ3n) is 5.15. The normalized spacial score (nSPS) is 16.3. The van der Waals surface area contributed by atoms with Crippen LogP contribution in [0.4, 0.5) is 10.1 Å². The Hall–Kier alpha value is -3.22. The molecule has 3 N–H and O–H groups in total. The lowest BCUT2D eigenvalue weighted by Gasteiger charge is -2.31. The first kappa shape index (κ1) is 20.5. The lowest BCUT2D eigenvalue weighted by atomic mass is 9.97. The highest BCUT2D eigenvalue weighted by molar-refractivity contribution is 5.98. The number of carbonyl (C=O) groups excluding carboxylic acids is 3. The molecule has 3 rings (SSSR count). The maximum Gasteiger partial charge on any atom is 0.254 e.